The molecule has 35 heavy (non-hydrogen) atoms. The highest BCUT2D eigenvalue weighted by atomic mass is 16.6. The van der Waals surface area contributed by atoms with E-state index >= 15 is 0 Å². The van der Waals surface area contributed by atoms with Crippen LogP contribution in [-0.2, 0) is 19.1 Å². The zero-order chi connectivity index (χ0) is 25.1. The number of nitro groups is 1. The fourth-order valence-corrected chi connectivity index (χ4v) is 4.24. The molecule has 0 radical (unpaired) electrons. The van der Waals surface area contributed by atoms with E-state index in [4.69, 9.17) is 9.47 Å². The standard InChI is InChI=1S/C24H23N3O8/c1-15(28)35-19-9-7-17(8-10-19)26-22(29)13-21(24(26)31)25(14-20-6-3-11-34-20)23(30)16-4-2-5-18(12-16)27(32)33/h2,4-5,7-10,12,20-21H,3,6,11,13-14H2,1H3. The predicted octanol–water partition coefficient (Wildman–Crippen LogP) is 2.47. The van der Waals surface area contributed by atoms with Crippen LogP contribution in [0.4, 0.5) is 11.4 Å². The number of carbonyl (C=O) groups is 4. The molecule has 0 aromatic heterocycles. The fraction of sp³-hybridized carbons (Fsp3) is 0.333. The van der Waals surface area contributed by atoms with Crippen LogP contribution in [0, 0.1) is 10.1 Å². The van der Waals surface area contributed by atoms with Crippen LogP contribution in [0.5, 0.6) is 5.75 Å². The number of nitro benzene ring substituents is 1. The largest absolute Gasteiger partial charge is 0.427 e. The Kier molecular flexibility index (Phi) is 6.87. The Labute approximate surface area is 200 Å². The van der Waals surface area contributed by atoms with E-state index in [0.29, 0.717) is 13.0 Å². The molecule has 4 rings (SSSR count). The fourth-order valence-electron chi connectivity index (χ4n) is 4.24. The van der Waals surface area contributed by atoms with Gasteiger partial charge in [0.2, 0.25) is 5.91 Å². The van der Waals surface area contributed by atoms with Crippen molar-refractivity contribution in [3.05, 3.63) is 64.2 Å². The third-order valence-corrected chi connectivity index (χ3v) is 5.84. The third-order valence-electron chi connectivity index (χ3n) is 5.84. The van der Waals surface area contributed by atoms with Gasteiger partial charge < -0.3 is 14.4 Å². The lowest BCUT2D eigenvalue weighted by Crippen LogP contribution is -2.48. The number of non-ortho nitro benzene ring substituents is 1. The molecular formula is C24H23N3O8. The van der Waals surface area contributed by atoms with Gasteiger partial charge in [-0.15, -0.1) is 0 Å². The smallest absolute Gasteiger partial charge is 0.308 e. The first-order valence-electron chi connectivity index (χ1n) is 11.1. The number of rotatable bonds is 7. The van der Waals surface area contributed by atoms with E-state index in [0.717, 1.165) is 17.4 Å². The Morgan fingerprint density at radius 2 is 1.94 bits per heavy atom. The summed E-state index contributed by atoms with van der Waals surface area (Å²) in [5.74, 6) is -1.92. The van der Waals surface area contributed by atoms with E-state index < -0.39 is 34.7 Å². The number of anilines is 1. The van der Waals surface area contributed by atoms with Crippen LogP contribution in [0.15, 0.2) is 48.5 Å². The van der Waals surface area contributed by atoms with Gasteiger partial charge in [0.1, 0.15) is 11.8 Å². The second-order valence-electron chi connectivity index (χ2n) is 8.27. The zero-order valence-corrected chi connectivity index (χ0v) is 18.9. The van der Waals surface area contributed by atoms with E-state index in [1.807, 2.05) is 0 Å². The quantitative estimate of drug-likeness (QED) is 0.193. The second kappa shape index (κ2) is 10.0. The van der Waals surface area contributed by atoms with Crippen LogP contribution in [0.2, 0.25) is 0 Å². The van der Waals surface area contributed by atoms with Crippen LogP contribution in [-0.4, -0.2) is 58.8 Å². The van der Waals surface area contributed by atoms with Gasteiger partial charge in [-0.05, 0) is 43.2 Å². The van der Waals surface area contributed by atoms with Crippen molar-refractivity contribution >= 4 is 35.1 Å². The summed E-state index contributed by atoms with van der Waals surface area (Å²) in [7, 11) is 0. The van der Waals surface area contributed by atoms with E-state index in [9.17, 15) is 29.3 Å². The summed E-state index contributed by atoms with van der Waals surface area (Å²) < 4.78 is 10.6. The number of hydrogen-bond donors (Lipinski definition) is 0. The lowest BCUT2D eigenvalue weighted by Gasteiger charge is -2.29. The normalized spacial score (nSPS) is 19.6. The van der Waals surface area contributed by atoms with Crippen molar-refractivity contribution in [3.8, 4) is 5.75 Å². The van der Waals surface area contributed by atoms with Gasteiger partial charge in [0.15, 0.2) is 0 Å². The monoisotopic (exact) mass is 481 g/mol. The highest BCUT2D eigenvalue weighted by molar-refractivity contribution is 6.23. The number of imide groups is 1. The predicted molar refractivity (Wildman–Crippen MR) is 122 cm³/mol. The summed E-state index contributed by atoms with van der Waals surface area (Å²) in [5.41, 5.74) is 0.0659. The van der Waals surface area contributed by atoms with Gasteiger partial charge in [-0.1, -0.05) is 6.07 Å². The van der Waals surface area contributed by atoms with Crippen LogP contribution in [0.3, 0.4) is 0 Å². The van der Waals surface area contributed by atoms with Gasteiger partial charge in [-0.2, -0.15) is 0 Å². The van der Waals surface area contributed by atoms with Crippen molar-refractivity contribution < 1.29 is 33.6 Å². The van der Waals surface area contributed by atoms with Crippen LogP contribution in [0.25, 0.3) is 0 Å². The summed E-state index contributed by atoms with van der Waals surface area (Å²) in [6.07, 6.45) is 0.951. The molecule has 2 aromatic rings. The molecule has 2 aromatic carbocycles. The molecule has 0 bridgehead atoms. The Morgan fingerprint density at radius 3 is 2.57 bits per heavy atom. The molecule has 2 aliphatic heterocycles. The first-order valence-corrected chi connectivity index (χ1v) is 11.1. The molecule has 2 aliphatic rings. The summed E-state index contributed by atoms with van der Waals surface area (Å²) in [6, 6.07) is 10.0. The number of carbonyl (C=O) groups excluding carboxylic acids is 4. The van der Waals surface area contributed by atoms with Crippen LogP contribution >= 0.6 is 0 Å². The molecule has 182 valence electrons. The summed E-state index contributed by atoms with van der Waals surface area (Å²) in [4.78, 5) is 63.7. The number of hydrogen-bond acceptors (Lipinski definition) is 8. The maximum absolute atomic E-state index is 13.5. The molecule has 11 heteroatoms. The lowest BCUT2D eigenvalue weighted by molar-refractivity contribution is -0.384. The van der Waals surface area contributed by atoms with Gasteiger partial charge >= 0.3 is 5.97 Å². The Morgan fingerprint density at radius 1 is 1.20 bits per heavy atom. The van der Waals surface area contributed by atoms with E-state index in [2.05, 4.69) is 0 Å². The van der Waals surface area contributed by atoms with Gasteiger partial charge in [0.25, 0.3) is 17.5 Å². The highest BCUT2D eigenvalue weighted by Gasteiger charge is 2.45. The highest BCUT2D eigenvalue weighted by Crippen LogP contribution is 2.29. The molecule has 2 saturated heterocycles. The number of nitrogens with zero attached hydrogens (tertiary/aromatic N) is 3. The van der Waals surface area contributed by atoms with E-state index in [1.54, 1.807) is 0 Å². The van der Waals surface area contributed by atoms with E-state index in [1.165, 1.54) is 54.3 Å². The zero-order valence-electron chi connectivity index (χ0n) is 18.9. The molecule has 3 amide bonds. The van der Waals surface area contributed by atoms with Crippen molar-refractivity contribution in [1.82, 2.24) is 4.90 Å². The summed E-state index contributed by atoms with van der Waals surface area (Å²) in [6.45, 7) is 1.86. The maximum Gasteiger partial charge on any atom is 0.308 e. The lowest BCUT2D eigenvalue weighted by atomic mass is 10.1. The molecule has 0 N–H and O–H groups in total. The average molecular weight is 481 g/mol. The molecular weight excluding hydrogens is 458 g/mol. The third kappa shape index (κ3) is 5.19. The van der Waals surface area contributed by atoms with Crippen molar-refractivity contribution in [2.24, 2.45) is 0 Å². The minimum atomic E-state index is -1.09. The minimum Gasteiger partial charge on any atom is -0.427 e. The molecule has 11 nitrogen and oxygen atoms in total. The van der Waals surface area contributed by atoms with Gasteiger partial charge in [0.05, 0.1) is 23.1 Å². The Hall–Kier alpha value is -4.12. The van der Waals surface area contributed by atoms with Crippen molar-refractivity contribution in [2.45, 2.75) is 38.3 Å². The SMILES string of the molecule is CC(=O)Oc1ccc(N2C(=O)CC(N(CC3CCCO3)C(=O)c3cccc([N+](=O)[O-])c3)C2=O)cc1. The number of benzene rings is 2. The topological polar surface area (TPSA) is 136 Å². The molecule has 0 aliphatic carbocycles. The van der Waals surface area contributed by atoms with Crippen molar-refractivity contribution in [3.63, 3.8) is 0 Å². The molecule has 2 unspecified atom stereocenters. The Bertz CT molecular complexity index is 1170. The van der Waals surface area contributed by atoms with Crippen molar-refractivity contribution in [1.29, 1.82) is 0 Å². The van der Waals surface area contributed by atoms with Gasteiger partial charge in [0, 0.05) is 37.8 Å². The van der Waals surface area contributed by atoms with Gasteiger partial charge in [-0.25, -0.2) is 4.90 Å². The number of esters is 1. The molecule has 0 spiro atoms. The minimum absolute atomic E-state index is 0.0432. The molecule has 0 saturated carbocycles. The Balaban J connectivity index is 1.62. The second-order valence-corrected chi connectivity index (χ2v) is 8.27. The molecule has 2 fully saturated rings. The first kappa shape index (κ1) is 24.0. The number of amides is 3. The van der Waals surface area contributed by atoms with Gasteiger partial charge in [-0.3, -0.25) is 29.3 Å². The molecule has 2 heterocycles. The van der Waals surface area contributed by atoms with Crippen molar-refractivity contribution in [2.75, 3.05) is 18.1 Å². The van der Waals surface area contributed by atoms with Crippen LogP contribution in [0.1, 0.15) is 36.5 Å². The maximum atomic E-state index is 13.5. The number of ether oxygens (including phenoxy) is 2. The molecule has 2 atom stereocenters. The van der Waals surface area contributed by atoms with E-state index in [-0.39, 0.29) is 41.8 Å². The summed E-state index contributed by atoms with van der Waals surface area (Å²) >= 11 is 0. The van der Waals surface area contributed by atoms with Crippen LogP contribution < -0.4 is 9.64 Å². The average Bonchev–Trinajstić information content (AvgIpc) is 3.45. The summed E-state index contributed by atoms with van der Waals surface area (Å²) in [5, 5.41) is 11.2. The first-order chi connectivity index (χ1) is 16.7.